The van der Waals surface area contributed by atoms with Crippen LogP contribution in [-0.2, 0) is 9.53 Å². The van der Waals surface area contributed by atoms with E-state index in [0.29, 0.717) is 6.42 Å². The molecule has 0 bridgehead atoms. The molecule has 1 heterocycles. The third kappa shape index (κ3) is 2.72. The molecule has 1 aliphatic rings. The van der Waals surface area contributed by atoms with Crippen molar-refractivity contribution in [3.05, 3.63) is 42.0 Å². The molecule has 1 aromatic rings. The van der Waals surface area contributed by atoms with Crippen molar-refractivity contribution in [1.82, 2.24) is 0 Å². The lowest BCUT2D eigenvalue weighted by atomic mass is 9.98. The Hall–Kier alpha value is -1.57. The van der Waals surface area contributed by atoms with E-state index in [0.717, 1.165) is 12.8 Å². The van der Waals surface area contributed by atoms with Crippen LogP contribution in [-0.4, -0.2) is 11.6 Å². The zero-order chi connectivity index (χ0) is 11.4. The summed E-state index contributed by atoms with van der Waals surface area (Å²) in [5.41, 5.74) is 0.887. The molecule has 1 aromatic carbocycles. The molecule has 0 radical (unpaired) electrons. The topological polar surface area (TPSA) is 26.3 Å². The largest absolute Gasteiger partial charge is 0.459 e. The van der Waals surface area contributed by atoms with Crippen molar-refractivity contribution in [1.29, 1.82) is 0 Å². The number of esters is 1. The van der Waals surface area contributed by atoms with Gasteiger partial charge in [-0.25, -0.2) is 0 Å². The smallest absolute Gasteiger partial charge is 0.306 e. The van der Waals surface area contributed by atoms with Crippen LogP contribution in [0.15, 0.2) is 36.4 Å². The highest BCUT2D eigenvalue weighted by atomic mass is 16.6. The summed E-state index contributed by atoms with van der Waals surface area (Å²) >= 11 is 0. The van der Waals surface area contributed by atoms with Crippen molar-refractivity contribution in [2.45, 2.75) is 31.8 Å². The number of carbonyl (C=O) groups is 1. The summed E-state index contributed by atoms with van der Waals surface area (Å²) in [6, 6.07) is 10.1. The van der Waals surface area contributed by atoms with Gasteiger partial charge >= 0.3 is 5.97 Å². The van der Waals surface area contributed by atoms with Crippen LogP contribution in [0.4, 0.5) is 0 Å². The summed E-state index contributed by atoms with van der Waals surface area (Å²) in [4.78, 5) is 11.0. The molecule has 0 saturated carbocycles. The summed E-state index contributed by atoms with van der Waals surface area (Å²) in [6.07, 6.45) is 6.31. The van der Waals surface area contributed by atoms with Crippen LogP contribution in [0, 0.1) is 0 Å². The molecule has 2 nitrogen and oxygen atoms in total. The molecule has 0 amide bonds. The number of carbonyl (C=O) groups excluding carboxylic acids is 1. The predicted octanol–water partition coefficient (Wildman–Crippen LogP) is 3.19. The Kier molecular flexibility index (Phi) is 3.09. The first-order valence-corrected chi connectivity index (χ1v) is 5.61. The summed E-state index contributed by atoms with van der Waals surface area (Å²) in [6.45, 7) is 1.99. The van der Waals surface area contributed by atoms with Gasteiger partial charge in [0.1, 0.15) is 5.60 Å². The van der Waals surface area contributed by atoms with Crippen molar-refractivity contribution in [3.8, 4) is 0 Å². The maximum atomic E-state index is 11.0. The number of rotatable bonds is 3. The first kappa shape index (κ1) is 10.9. The van der Waals surface area contributed by atoms with E-state index in [1.165, 1.54) is 5.56 Å². The first-order valence-electron chi connectivity index (χ1n) is 5.61. The summed E-state index contributed by atoms with van der Waals surface area (Å²) in [7, 11) is 0. The van der Waals surface area contributed by atoms with Gasteiger partial charge in [-0.15, -0.1) is 0 Å². The Morgan fingerprint density at radius 1 is 1.38 bits per heavy atom. The molecule has 1 unspecified atom stereocenters. The van der Waals surface area contributed by atoms with Gasteiger partial charge < -0.3 is 4.74 Å². The average Bonchev–Trinajstić information content (AvgIpc) is 2.60. The van der Waals surface area contributed by atoms with E-state index in [4.69, 9.17) is 4.74 Å². The Balaban J connectivity index is 1.92. The molecule has 1 aliphatic heterocycles. The van der Waals surface area contributed by atoms with Crippen LogP contribution in [0.1, 0.15) is 31.7 Å². The zero-order valence-electron chi connectivity index (χ0n) is 9.48. The molecule has 84 valence electrons. The molecule has 0 aromatic heterocycles. The fourth-order valence-corrected chi connectivity index (χ4v) is 1.90. The highest BCUT2D eigenvalue weighted by molar-refractivity contribution is 5.72. The second kappa shape index (κ2) is 4.52. The Labute approximate surface area is 95.9 Å². The van der Waals surface area contributed by atoms with E-state index in [-0.39, 0.29) is 11.6 Å². The monoisotopic (exact) mass is 216 g/mol. The van der Waals surface area contributed by atoms with Crippen molar-refractivity contribution in [2.24, 2.45) is 0 Å². The summed E-state index contributed by atoms with van der Waals surface area (Å²) in [5, 5.41) is 0. The van der Waals surface area contributed by atoms with Gasteiger partial charge in [-0.1, -0.05) is 42.5 Å². The minimum Gasteiger partial charge on any atom is -0.459 e. The number of cyclic esters (lactones) is 1. The molecule has 0 aliphatic carbocycles. The van der Waals surface area contributed by atoms with E-state index < -0.39 is 0 Å². The molecule has 0 spiro atoms. The third-order valence-electron chi connectivity index (χ3n) is 2.88. The van der Waals surface area contributed by atoms with Crippen LogP contribution in [0.3, 0.4) is 0 Å². The number of hydrogen-bond acceptors (Lipinski definition) is 2. The lowest BCUT2D eigenvalue weighted by Crippen LogP contribution is -2.22. The predicted molar refractivity (Wildman–Crippen MR) is 63.8 cm³/mol. The minimum atomic E-state index is -0.289. The van der Waals surface area contributed by atoms with Gasteiger partial charge in [0.25, 0.3) is 0 Å². The summed E-state index contributed by atoms with van der Waals surface area (Å²) < 4.78 is 5.30. The van der Waals surface area contributed by atoms with Gasteiger partial charge in [0, 0.05) is 12.8 Å². The number of ether oxygens (including phenoxy) is 1. The van der Waals surface area contributed by atoms with Crippen molar-refractivity contribution >= 4 is 12.0 Å². The maximum Gasteiger partial charge on any atom is 0.306 e. The normalized spacial score (nSPS) is 24.9. The van der Waals surface area contributed by atoms with Crippen molar-refractivity contribution < 1.29 is 9.53 Å². The SMILES string of the molecule is CC1(C/C=C/c2ccccc2)CCC(=O)O1. The van der Waals surface area contributed by atoms with E-state index in [2.05, 4.69) is 24.3 Å². The van der Waals surface area contributed by atoms with Crippen LogP contribution in [0.25, 0.3) is 6.08 Å². The van der Waals surface area contributed by atoms with Crippen molar-refractivity contribution in [2.75, 3.05) is 0 Å². The molecule has 1 saturated heterocycles. The first-order chi connectivity index (χ1) is 7.68. The fraction of sp³-hybridized carbons (Fsp3) is 0.357. The van der Waals surface area contributed by atoms with E-state index in [1.54, 1.807) is 0 Å². The van der Waals surface area contributed by atoms with Gasteiger partial charge in [0.2, 0.25) is 0 Å². The van der Waals surface area contributed by atoms with Crippen molar-refractivity contribution in [3.63, 3.8) is 0 Å². The highest BCUT2D eigenvalue weighted by Gasteiger charge is 2.34. The van der Waals surface area contributed by atoms with Gasteiger partial charge in [-0.05, 0) is 18.9 Å². The Morgan fingerprint density at radius 2 is 2.12 bits per heavy atom. The highest BCUT2D eigenvalue weighted by Crippen LogP contribution is 2.29. The molecule has 2 rings (SSSR count). The molecule has 1 atom stereocenters. The zero-order valence-corrected chi connectivity index (χ0v) is 9.48. The van der Waals surface area contributed by atoms with Gasteiger partial charge in [0.05, 0.1) is 0 Å². The number of benzene rings is 1. The van der Waals surface area contributed by atoms with E-state index in [9.17, 15) is 4.79 Å². The second-order valence-corrected chi connectivity index (χ2v) is 4.44. The van der Waals surface area contributed by atoms with Crippen LogP contribution in [0.2, 0.25) is 0 Å². The standard InChI is InChI=1S/C14H16O2/c1-14(11-9-13(15)16-14)10-5-8-12-6-3-2-4-7-12/h2-8H,9-11H2,1H3/b8-5+. The average molecular weight is 216 g/mol. The third-order valence-corrected chi connectivity index (χ3v) is 2.88. The molecule has 16 heavy (non-hydrogen) atoms. The second-order valence-electron chi connectivity index (χ2n) is 4.44. The Morgan fingerprint density at radius 3 is 2.75 bits per heavy atom. The fourth-order valence-electron chi connectivity index (χ4n) is 1.90. The molecule has 2 heteroatoms. The molecule has 0 N–H and O–H groups in total. The van der Waals surface area contributed by atoms with Crippen LogP contribution in [0.5, 0.6) is 0 Å². The van der Waals surface area contributed by atoms with Gasteiger partial charge in [-0.2, -0.15) is 0 Å². The van der Waals surface area contributed by atoms with E-state index >= 15 is 0 Å². The molecular formula is C14H16O2. The quantitative estimate of drug-likeness (QED) is 0.725. The molecular weight excluding hydrogens is 200 g/mol. The maximum absolute atomic E-state index is 11.0. The minimum absolute atomic E-state index is 0.0735. The van der Waals surface area contributed by atoms with E-state index in [1.807, 2.05) is 25.1 Å². The lowest BCUT2D eigenvalue weighted by molar-refractivity contribution is -0.146. The lowest BCUT2D eigenvalue weighted by Gasteiger charge is -2.20. The van der Waals surface area contributed by atoms with Gasteiger partial charge in [-0.3, -0.25) is 4.79 Å². The van der Waals surface area contributed by atoms with Gasteiger partial charge in [0.15, 0.2) is 0 Å². The van der Waals surface area contributed by atoms with Crippen LogP contribution < -0.4 is 0 Å². The van der Waals surface area contributed by atoms with Crippen LogP contribution >= 0.6 is 0 Å². The number of hydrogen-bond donors (Lipinski definition) is 0. The summed E-state index contributed by atoms with van der Waals surface area (Å²) in [5.74, 6) is -0.0735. The molecule has 1 fully saturated rings. The Bertz CT molecular complexity index is 394.